The third-order valence-electron chi connectivity index (χ3n) is 2.56. The summed E-state index contributed by atoms with van der Waals surface area (Å²) in [6, 6.07) is 3.48. The topological polar surface area (TPSA) is 50.7 Å². The highest BCUT2D eigenvalue weighted by atomic mass is 35.5. The number of hydrogen-bond donors (Lipinski definition) is 2. The minimum atomic E-state index is -4.52. The van der Waals surface area contributed by atoms with Crippen LogP contribution in [0.5, 0.6) is 0 Å². The molecule has 1 aromatic carbocycles. The zero-order valence-corrected chi connectivity index (χ0v) is 12.2. The lowest BCUT2D eigenvalue weighted by Crippen LogP contribution is -2.25. The van der Waals surface area contributed by atoms with Crippen LogP contribution in [0.2, 0.25) is 5.02 Å². The molecule has 0 aliphatic rings. The average molecular weight is 328 g/mol. The summed E-state index contributed by atoms with van der Waals surface area (Å²) < 4.78 is 47.9. The summed E-state index contributed by atoms with van der Waals surface area (Å²) in [7, 11) is 1.53. The number of anilines is 1. The zero-order chi connectivity index (χ0) is 15.9. The molecule has 0 amide bonds. The van der Waals surface area contributed by atoms with Crippen molar-refractivity contribution < 1.29 is 27.8 Å². The Morgan fingerprint density at radius 1 is 1.33 bits per heavy atom. The molecule has 1 atom stereocenters. The van der Waals surface area contributed by atoms with E-state index in [1.54, 1.807) is 0 Å². The van der Waals surface area contributed by atoms with Gasteiger partial charge < -0.3 is 19.9 Å². The van der Waals surface area contributed by atoms with E-state index in [4.69, 9.17) is 21.1 Å². The Balaban J connectivity index is 2.48. The van der Waals surface area contributed by atoms with Crippen molar-refractivity contribution in [2.75, 3.05) is 38.8 Å². The Hall–Kier alpha value is -1.02. The molecule has 0 saturated carbocycles. The van der Waals surface area contributed by atoms with E-state index < -0.39 is 17.8 Å². The summed E-state index contributed by atoms with van der Waals surface area (Å²) in [5, 5.41) is 12.0. The molecular weight excluding hydrogens is 311 g/mol. The van der Waals surface area contributed by atoms with E-state index in [0.29, 0.717) is 13.2 Å². The average Bonchev–Trinajstić information content (AvgIpc) is 2.41. The number of hydrogen-bond acceptors (Lipinski definition) is 4. The number of benzene rings is 1. The number of ether oxygens (including phenoxy) is 2. The Bertz CT molecular complexity index is 443. The van der Waals surface area contributed by atoms with Crippen LogP contribution in [0.4, 0.5) is 18.9 Å². The lowest BCUT2D eigenvalue weighted by molar-refractivity contribution is -0.137. The van der Waals surface area contributed by atoms with Crippen LogP contribution < -0.4 is 5.32 Å². The predicted molar refractivity (Wildman–Crippen MR) is 73.6 cm³/mol. The van der Waals surface area contributed by atoms with Crippen LogP contribution in [0, 0.1) is 0 Å². The molecule has 4 nitrogen and oxygen atoms in total. The molecule has 1 unspecified atom stereocenters. The highest BCUT2D eigenvalue weighted by molar-refractivity contribution is 6.31. The van der Waals surface area contributed by atoms with Gasteiger partial charge in [0.2, 0.25) is 0 Å². The quantitative estimate of drug-likeness (QED) is 0.721. The first-order chi connectivity index (χ1) is 9.84. The number of aliphatic hydroxyl groups excluding tert-OH is 1. The number of alkyl halides is 3. The lowest BCUT2D eigenvalue weighted by atomic mass is 10.2. The molecule has 8 heteroatoms. The van der Waals surface area contributed by atoms with Gasteiger partial charge in [-0.2, -0.15) is 13.2 Å². The standard InChI is InChI=1S/C13H17ClF3NO3/c1-20-4-5-21-8-10(19)7-18-9-2-3-12(14)11(6-9)13(15,16)17/h2-3,6,10,18-19H,4-5,7-8H2,1H3. The summed E-state index contributed by atoms with van der Waals surface area (Å²) in [4.78, 5) is 0. The van der Waals surface area contributed by atoms with Crippen LogP contribution in [0.1, 0.15) is 5.56 Å². The number of methoxy groups -OCH3 is 1. The maximum Gasteiger partial charge on any atom is 0.417 e. The number of halogens is 4. The molecule has 120 valence electrons. The highest BCUT2D eigenvalue weighted by Gasteiger charge is 2.33. The van der Waals surface area contributed by atoms with Gasteiger partial charge in [0.1, 0.15) is 0 Å². The fraction of sp³-hybridized carbons (Fsp3) is 0.538. The largest absolute Gasteiger partial charge is 0.417 e. The fourth-order valence-electron chi connectivity index (χ4n) is 1.51. The van der Waals surface area contributed by atoms with Gasteiger partial charge in [0.05, 0.1) is 36.5 Å². The van der Waals surface area contributed by atoms with Gasteiger partial charge in [-0.25, -0.2) is 0 Å². The first-order valence-corrected chi connectivity index (χ1v) is 6.57. The van der Waals surface area contributed by atoms with E-state index in [1.807, 2.05) is 0 Å². The smallest absolute Gasteiger partial charge is 0.389 e. The van der Waals surface area contributed by atoms with Crippen molar-refractivity contribution in [1.29, 1.82) is 0 Å². The molecule has 1 aromatic rings. The Morgan fingerprint density at radius 2 is 2.05 bits per heavy atom. The molecule has 0 aliphatic heterocycles. The van der Waals surface area contributed by atoms with E-state index in [2.05, 4.69) is 5.32 Å². The summed E-state index contributed by atoms with van der Waals surface area (Å²) >= 11 is 5.51. The van der Waals surface area contributed by atoms with Crippen molar-refractivity contribution >= 4 is 17.3 Å². The molecule has 21 heavy (non-hydrogen) atoms. The number of aliphatic hydroxyl groups is 1. The number of rotatable bonds is 8. The second-order valence-corrected chi connectivity index (χ2v) is 4.70. The van der Waals surface area contributed by atoms with Crippen LogP contribution in [0.3, 0.4) is 0 Å². The van der Waals surface area contributed by atoms with Gasteiger partial charge in [0.25, 0.3) is 0 Å². The van der Waals surface area contributed by atoms with E-state index in [0.717, 1.165) is 12.1 Å². The summed E-state index contributed by atoms with van der Waals surface area (Å²) in [5.74, 6) is 0. The normalized spacial score (nSPS) is 13.2. The van der Waals surface area contributed by atoms with Crippen LogP contribution in [-0.4, -0.2) is 44.7 Å². The fourth-order valence-corrected chi connectivity index (χ4v) is 1.73. The van der Waals surface area contributed by atoms with Crippen LogP contribution in [-0.2, 0) is 15.7 Å². The van der Waals surface area contributed by atoms with Crippen molar-refractivity contribution in [2.24, 2.45) is 0 Å². The molecule has 0 radical (unpaired) electrons. The maximum atomic E-state index is 12.7. The predicted octanol–water partition coefficient (Wildman–Crippen LogP) is 2.79. The third-order valence-corrected chi connectivity index (χ3v) is 2.89. The Morgan fingerprint density at radius 3 is 2.67 bits per heavy atom. The first-order valence-electron chi connectivity index (χ1n) is 6.20. The SMILES string of the molecule is COCCOCC(O)CNc1ccc(Cl)c(C(F)(F)F)c1. The van der Waals surface area contributed by atoms with Gasteiger partial charge in [0.15, 0.2) is 0 Å². The monoisotopic (exact) mass is 327 g/mol. The summed E-state index contributed by atoms with van der Waals surface area (Å²) in [6.45, 7) is 0.876. The minimum Gasteiger partial charge on any atom is -0.389 e. The van der Waals surface area contributed by atoms with Crippen LogP contribution in [0.25, 0.3) is 0 Å². The molecule has 0 fully saturated rings. The number of nitrogens with one attached hydrogen (secondary N) is 1. The molecule has 0 aliphatic carbocycles. The van der Waals surface area contributed by atoms with Crippen LogP contribution in [0.15, 0.2) is 18.2 Å². The minimum absolute atomic E-state index is 0.0614. The molecule has 0 bridgehead atoms. The van der Waals surface area contributed by atoms with Gasteiger partial charge in [0, 0.05) is 19.3 Å². The Labute approximate surface area is 125 Å². The molecule has 0 saturated heterocycles. The van der Waals surface area contributed by atoms with E-state index in [1.165, 1.54) is 13.2 Å². The maximum absolute atomic E-state index is 12.7. The van der Waals surface area contributed by atoms with E-state index in [-0.39, 0.29) is 23.9 Å². The van der Waals surface area contributed by atoms with Crippen LogP contribution >= 0.6 is 11.6 Å². The lowest BCUT2D eigenvalue weighted by Gasteiger charge is -2.15. The molecule has 0 spiro atoms. The Kier molecular flexibility index (Phi) is 7.24. The van der Waals surface area contributed by atoms with Gasteiger partial charge >= 0.3 is 6.18 Å². The van der Waals surface area contributed by atoms with Gasteiger partial charge in [-0.3, -0.25) is 0 Å². The van der Waals surface area contributed by atoms with E-state index >= 15 is 0 Å². The van der Waals surface area contributed by atoms with E-state index in [9.17, 15) is 18.3 Å². The zero-order valence-electron chi connectivity index (χ0n) is 11.4. The van der Waals surface area contributed by atoms with Crippen molar-refractivity contribution in [3.8, 4) is 0 Å². The van der Waals surface area contributed by atoms with Crippen molar-refractivity contribution in [2.45, 2.75) is 12.3 Å². The van der Waals surface area contributed by atoms with Crippen molar-refractivity contribution in [3.05, 3.63) is 28.8 Å². The second kappa shape index (κ2) is 8.43. The first kappa shape index (κ1) is 18.0. The third kappa shape index (κ3) is 6.52. The van der Waals surface area contributed by atoms with Gasteiger partial charge in [-0.1, -0.05) is 11.6 Å². The summed E-state index contributed by atoms with van der Waals surface area (Å²) in [5.41, 5.74) is -0.692. The molecular formula is C13H17ClF3NO3. The highest BCUT2D eigenvalue weighted by Crippen LogP contribution is 2.36. The summed E-state index contributed by atoms with van der Waals surface area (Å²) in [6.07, 6.45) is -5.36. The van der Waals surface area contributed by atoms with Gasteiger partial charge in [-0.05, 0) is 18.2 Å². The van der Waals surface area contributed by atoms with Gasteiger partial charge in [-0.15, -0.1) is 0 Å². The van der Waals surface area contributed by atoms with Crippen molar-refractivity contribution in [1.82, 2.24) is 0 Å². The molecule has 0 heterocycles. The molecule has 0 aromatic heterocycles. The van der Waals surface area contributed by atoms with Crippen molar-refractivity contribution in [3.63, 3.8) is 0 Å². The molecule has 2 N–H and O–H groups in total. The second-order valence-electron chi connectivity index (χ2n) is 4.29. The molecule has 1 rings (SSSR count).